The second-order valence-electron chi connectivity index (χ2n) is 7.58. The third-order valence-electron chi connectivity index (χ3n) is 5.21. The van der Waals surface area contributed by atoms with Gasteiger partial charge in [0.25, 0.3) is 6.47 Å². The van der Waals surface area contributed by atoms with Crippen molar-refractivity contribution in [2.75, 3.05) is 6.54 Å². The average Bonchev–Trinajstić information content (AvgIpc) is 2.75. The van der Waals surface area contributed by atoms with Crippen LogP contribution in [0.5, 0.6) is 0 Å². The molecule has 0 spiro atoms. The maximum Gasteiger partial charge on any atom is 0.416 e. The number of benzene rings is 2. The van der Waals surface area contributed by atoms with Gasteiger partial charge in [-0.1, -0.05) is 30.3 Å². The molecular formula is C22H24F6N2O3. The molecule has 11 heteroatoms. The van der Waals surface area contributed by atoms with Crippen LogP contribution in [0.1, 0.15) is 48.1 Å². The van der Waals surface area contributed by atoms with Crippen LogP contribution in [-0.4, -0.2) is 24.2 Å². The summed E-state index contributed by atoms with van der Waals surface area (Å²) in [6, 6.07) is 10.4. The normalized spacial score (nSPS) is 22.1. The summed E-state index contributed by atoms with van der Waals surface area (Å²) in [6.07, 6.45) is -9.86. The van der Waals surface area contributed by atoms with Gasteiger partial charge in [0.05, 0.1) is 17.2 Å². The van der Waals surface area contributed by atoms with Crippen LogP contribution >= 0.6 is 0 Å². The van der Waals surface area contributed by atoms with E-state index in [0.717, 1.165) is 5.56 Å². The maximum absolute atomic E-state index is 13.2. The summed E-state index contributed by atoms with van der Waals surface area (Å²) < 4.78 is 85.4. The first-order valence-corrected chi connectivity index (χ1v) is 9.93. The summed E-state index contributed by atoms with van der Waals surface area (Å²) >= 11 is 0. The first-order chi connectivity index (χ1) is 15.3. The van der Waals surface area contributed by atoms with Crippen molar-refractivity contribution in [1.82, 2.24) is 5.32 Å². The molecule has 1 saturated heterocycles. The Kier molecular flexibility index (Phi) is 8.50. The van der Waals surface area contributed by atoms with Crippen molar-refractivity contribution in [3.05, 3.63) is 70.8 Å². The summed E-state index contributed by atoms with van der Waals surface area (Å²) in [6.45, 7) is 1.59. The number of nitrogens with two attached hydrogens (primary N) is 1. The largest absolute Gasteiger partial charge is 0.483 e. The van der Waals surface area contributed by atoms with E-state index in [0.29, 0.717) is 31.5 Å². The quantitative estimate of drug-likeness (QED) is 0.422. The molecule has 5 nitrogen and oxygen atoms in total. The molecule has 3 rings (SSSR count). The lowest BCUT2D eigenvalue weighted by Gasteiger charge is -2.42. The van der Waals surface area contributed by atoms with Crippen LogP contribution in [0, 0.1) is 0 Å². The minimum absolute atomic E-state index is 0.112. The molecule has 0 radical (unpaired) electrons. The third kappa shape index (κ3) is 6.92. The van der Waals surface area contributed by atoms with Gasteiger partial charge in [0.1, 0.15) is 5.72 Å². The average molecular weight is 478 g/mol. The van der Waals surface area contributed by atoms with Gasteiger partial charge in [0.15, 0.2) is 0 Å². The zero-order valence-corrected chi connectivity index (χ0v) is 17.6. The highest BCUT2D eigenvalue weighted by Crippen LogP contribution is 2.40. The second-order valence-corrected chi connectivity index (χ2v) is 7.58. The summed E-state index contributed by atoms with van der Waals surface area (Å²) in [4.78, 5) is 8.36. The van der Waals surface area contributed by atoms with Crippen molar-refractivity contribution in [3.63, 3.8) is 0 Å². The van der Waals surface area contributed by atoms with Crippen LogP contribution in [-0.2, 0) is 27.6 Å². The van der Waals surface area contributed by atoms with Crippen LogP contribution in [0.3, 0.4) is 0 Å². The van der Waals surface area contributed by atoms with E-state index in [1.165, 1.54) is 6.92 Å². The molecule has 3 atom stereocenters. The van der Waals surface area contributed by atoms with Crippen molar-refractivity contribution in [1.29, 1.82) is 0 Å². The van der Waals surface area contributed by atoms with Gasteiger partial charge in [-0.25, -0.2) is 0 Å². The zero-order chi connectivity index (χ0) is 24.9. The molecule has 1 aliphatic rings. The second kappa shape index (κ2) is 10.5. The summed E-state index contributed by atoms with van der Waals surface area (Å²) in [5.41, 5.74) is 2.67. The fourth-order valence-electron chi connectivity index (χ4n) is 3.58. The Labute approximate surface area is 186 Å². The zero-order valence-electron chi connectivity index (χ0n) is 17.6. The molecule has 1 aliphatic heterocycles. The van der Waals surface area contributed by atoms with Gasteiger partial charge in [0, 0.05) is 12.6 Å². The molecule has 1 heterocycles. The van der Waals surface area contributed by atoms with Gasteiger partial charge in [-0.05, 0) is 49.1 Å². The highest BCUT2D eigenvalue weighted by molar-refractivity contribution is 5.35. The molecule has 1 fully saturated rings. The third-order valence-corrected chi connectivity index (χ3v) is 5.21. The number of nitrogens with one attached hydrogen (secondary N) is 1. The van der Waals surface area contributed by atoms with Crippen molar-refractivity contribution in [2.45, 2.75) is 50.0 Å². The van der Waals surface area contributed by atoms with Crippen molar-refractivity contribution in [2.24, 2.45) is 5.73 Å². The molecule has 0 aromatic heterocycles. The first kappa shape index (κ1) is 26.6. The fraction of sp³-hybridized carbons (Fsp3) is 0.409. The monoisotopic (exact) mass is 478 g/mol. The van der Waals surface area contributed by atoms with E-state index in [9.17, 15) is 26.3 Å². The predicted molar refractivity (Wildman–Crippen MR) is 108 cm³/mol. The minimum atomic E-state index is -4.91. The highest BCUT2D eigenvalue weighted by Gasteiger charge is 2.40. The topological polar surface area (TPSA) is 84.6 Å². The lowest BCUT2D eigenvalue weighted by atomic mass is 9.90. The number of rotatable bonds is 4. The standard InChI is InChI=1S/C21H22F6N2O.CH2O2/c1-13(14-9-16(20(22,23)24)11-17(10-14)21(25,26)27)30-19(8-7-18(28)12-29-19)15-5-3-2-4-6-15;2-1-3/h2-6,9-11,13,18,29H,7-8,12,28H2,1H3;1H,(H,2,3). The number of hydrogen-bond acceptors (Lipinski definition) is 4. The molecule has 0 saturated carbocycles. The molecule has 0 amide bonds. The van der Waals surface area contributed by atoms with E-state index in [-0.39, 0.29) is 24.1 Å². The summed E-state index contributed by atoms with van der Waals surface area (Å²) in [5, 5.41) is 10.1. The predicted octanol–water partition coefficient (Wildman–Crippen LogP) is 5.07. The number of carbonyl (C=O) groups is 1. The molecule has 2 aromatic carbocycles. The maximum atomic E-state index is 13.2. The lowest BCUT2D eigenvalue weighted by Crippen LogP contribution is -2.54. The summed E-state index contributed by atoms with van der Waals surface area (Å²) in [7, 11) is 0. The number of hydrogen-bond donors (Lipinski definition) is 3. The van der Waals surface area contributed by atoms with Crippen LogP contribution in [0.25, 0.3) is 0 Å². The van der Waals surface area contributed by atoms with Crippen LogP contribution in [0.2, 0.25) is 0 Å². The summed E-state index contributed by atoms with van der Waals surface area (Å²) in [5.74, 6) is 0. The van der Waals surface area contributed by atoms with Gasteiger partial charge in [-0.3, -0.25) is 10.1 Å². The van der Waals surface area contributed by atoms with Crippen molar-refractivity contribution >= 4 is 6.47 Å². The van der Waals surface area contributed by atoms with Crippen molar-refractivity contribution in [3.8, 4) is 0 Å². The van der Waals surface area contributed by atoms with Crippen LogP contribution < -0.4 is 11.1 Å². The van der Waals surface area contributed by atoms with Gasteiger partial charge >= 0.3 is 12.4 Å². The minimum Gasteiger partial charge on any atom is -0.483 e. The Balaban J connectivity index is 0.00000122. The van der Waals surface area contributed by atoms with Gasteiger partial charge < -0.3 is 15.6 Å². The Morgan fingerprint density at radius 2 is 1.61 bits per heavy atom. The molecule has 0 aliphatic carbocycles. The van der Waals surface area contributed by atoms with Crippen LogP contribution in [0.4, 0.5) is 26.3 Å². The van der Waals surface area contributed by atoms with E-state index >= 15 is 0 Å². The Morgan fingerprint density at radius 3 is 2.03 bits per heavy atom. The Hall–Kier alpha value is -2.63. The molecule has 4 N–H and O–H groups in total. The number of piperidine rings is 1. The number of halogens is 6. The first-order valence-electron chi connectivity index (χ1n) is 9.93. The van der Waals surface area contributed by atoms with E-state index in [2.05, 4.69) is 5.32 Å². The highest BCUT2D eigenvalue weighted by atomic mass is 19.4. The Morgan fingerprint density at radius 1 is 1.09 bits per heavy atom. The van der Waals surface area contributed by atoms with E-state index in [1.54, 1.807) is 30.3 Å². The SMILES string of the molecule is CC(OC1(c2ccccc2)CCC(N)CN1)c1cc(C(F)(F)F)cc(C(F)(F)F)c1.O=CO. The van der Waals surface area contributed by atoms with E-state index in [4.69, 9.17) is 20.4 Å². The van der Waals surface area contributed by atoms with E-state index in [1.807, 2.05) is 0 Å². The fourth-order valence-corrected chi connectivity index (χ4v) is 3.58. The van der Waals surface area contributed by atoms with Gasteiger partial charge in [-0.2, -0.15) is 26.3 Å². The number of carboxylic acid groups (broad SMARTS) is 1. The molecule has 0 bridgehead atoms. The van der Waals surface area contributed by atoms with Crippen molar-refractivity contribution < 1.29 is 41.0 Å². The lowest BCUT2D eigenvalue weighted by molar-refractivity contribution is -0.145. The number of alkyl halides is 6. The molecular weight excluding hydrogens is 454 g/mol. The number of ether oxygens (including phenoxy) is 1. The molecule has 182 valence electrons. The smallest absolute Gasteiger partial charge is 0.416 e. The van der Waals surface area contributed by atoms with E-state index < -0.39 is 35.3 Å². The van der Waals surface area contributed by atoms with Gasteiger partial charge in [0.2, 0.25) is 0 Å². The molecule has 2 aromatic rings. The van der Waals surface area contributed by atoms with Crippen LogP contribution in [0.15, 0.2) is 48.5 Å². The Bertz CT molecular complexity index is 878. The van der Waals surface area contributed by atoms with Gasteiger partial charge in [-0.15, -0.1) is 0 Å². The molecule has 3 unspecified atom stereocenters. The molecule has 33 heavy (non-hydrogen) atoms.